The number of piperidine rings is 1. The minimum atomic E-state index is -0.925. The van der Waals surface area contributed by atoms with Gasteiger partial charge in [-0.25, -0.2) is 9.59 Å². The van der Waals surface area contributed by atoms with Gasteiger partial charge in [0.1, 0.15) is 12.6 Å². The van der Waals surface area contributed by atoms with E-state index in [-0.39, 0.29) is 6.61 Å². The molecule has 5 heteroatoms. The largest absolute Gasteiger partial charge is 0.480 e. The van der Waals surface area contributed by atoms with Crippen molar-refractivity contribution in [3.63, 3.8) is 0 Å². The highest BCUT2D eigenvalue weighted by Gasteiger charge is 2.39. The van der Waals surface area contributed by atoms with Crippen LogP contribution >= 0.6 is 0 Å². The predicted octanol–water partition coefficient (Wildman–Crippen LogP) is 3.05. The van der Waals surface area contributed by atoms with E-state index in [1.807, 2.05) is 0 Å². The summed E-state index contributed by atoms with van der Waals surface area (Å²) in [6.45, 7) is 4.09. The number of carboxylic acid groups (broad SMARTS) is 1. The molecule has 0 radical (unpaired) electrons. The molecule has 0 aromatic heterocycles. The molecule has 2 rings (SSSR count). The summed E-state index contributed by atoms with van der Waals surface area (Å²) in [5.41, 5.74) is 0. The first-order valence-corrected chi connectivity index (χ1v) is 7.90. The normalized spacial score (nSPS) is 27.1. The Kier molecular flexibility index (Phi) is 5.65. The lowest BCUT2D eigenvalue weighted by Crippen LogP contribution is -2.51. The van der Waals surface area contributed by atoms with E-state index in [0.29, 0.717) is 24.8 Å². The minimum absolute atomic E-state index is 0.119. The van der Waals surface area contributed by atoms with E-state index in [1.165, 1.54) is 43.1 Å². The van der Waals surface area contributed by atoms with E-state index < -0.39 is 18.1 Å². The first-order chi connectivity index (χ1) is 10.1. The van der Waals surface area contributed by atoms with Crippen molar-refractivity contribution in [2.75, 3.05) is 13.2 Å². The van der Waals surface area contributed by atoms with E-state index in [1.54, 1.807) is 0 Å². The summed E-state index contributed by atoms with van der Waals surface area (Å²) in [6.07, 6.45) is 8.61. The summed E-state index contributed by atoms with van der Waals surface area (Å²) in [7, 11) is 0. The van der Waals surface area contributed by atoms with Crippen molar-refractivity contribution < 1.29 is 19.4 Å². The number of ether oxygens (including phenoxy) is 1. The smallest absolute Gasteiger partial charge is 0.410 e. The number of aliphatic carboxylic acids is 1. The first kappa shape index (κ1) is 15.9. The molecule has 1 N–H and O–H groups in total. The zero-order valence-electron chi connectivity index (χ0n) is 12.5. The number of hydrogen-bond donors (Lipinski definition) is 1. The van der Waals surface area contributed by atoms with Crippen molar-refractivity contribution in [1.29, 1.82) is 0 Å². The average molecular weight is 295 g/mol. The molecule has 1 saturated heterocycles. The third kappa shape index (κ3) is 3.99. The molecule has 1 saturated carbocycles. The van der Waals surface area contributed by atoms with Crippen LogP contribution in [0, 0.1) is 11.8 Å². The Balaban J connectivity index is 1.98. The average Bonchev–Trinajstić information content (AvgIpc) is 2.52. The van der Waals surface area contributed by atoms with Gasteiger partial charge in [-0.1, -0.05) is 44.8 Å². The van der Waals surface area contributed by atoms with Gasteiger partial charge >= 0.3 is 12.1 Å². The molecule has 1 aliphatic carbocycles. The summed E-state index contributed by atoms with van der Waals surface area (Å²) in [5.74, 6) is 0.132. The van der Waals surface area contributed by atoms with E-state index in [0.717, 1.165) is 6.42 Å². The molecular formula is C16H25NO4. The molecule has 1 heterocycles. The third-order valence-electron chi connectivity index (χ3n) is 4.80. The van der Waals surface area contributed by atoms with Crippen molar-refractivity contribution in [2.24, 2.45) is 11.8 Å². The topological polar surface area (TPSA) is 66.8 Å². The summed E-state index contributed by atoms with van der Waals surface area (Å²) in [5, 5.41) is 9.43. The van der Waals surface area contributed by atoms with Gasteiger partial charge in [0, 0.05) is 6.54 Å². The number of carbonyl (C=O) groups excluding carboxylic acids is 1. The van der Waals surface area contributed by atoms with Crippen molar-refractivity contribution in [3.05, 3.63) is 12.7 Å². The number of rotatable bonds is 4. The van der Waals surface area contributed by atoms with Crippen molar-refractivity contribution in [3.8, 4) is 0 Å². The molecule has 1 aliphatic heterocycles. The van der Waals surface area contributed by atoms with Gasteiger partial charge in [0.15, 0.2) is 0 Å². The summed E-state index contributed by atoms with van der Waals surface area (Å²) in [6, 6.07) is -0.747. The SMILES string of the molecule is C=CCOC(=O)N1CCC(C2CCCCC2)CC1C(=O)O. The standard InChI is InChI=1S/C16H25NO4/c1-2-10-21-16(20)17-9-8-13(11-14(17)15(18)19)12-6-4-3-5-7-12/h2,12-14H,1,3-11H2,(H,18,19). The van der Waals surface area contributed by atoms with E-state index in [9.17, 15) is 14.7 Å². The van der Waals surface area contributed by atoms with Gasteiger partial charge < -0.3 is 9.84 Å². The van der Waals surface area contributed by atoms with Crippen LogP contribution in [-0.2, 0) is 9.53 Å². The number of nitrogens with zero attached hydrogens (tertiary/aromatic N) is 1. The fourth-order valence-electron chi connectivity index (χ4n) is 3.69. The molecule has 118 valence electrons. The molecular weight excluding hydrogens is 270 g/mol. The Morgan fingerprint density at radius 3 is 2.52 bits per heavy atom. The Bertz CT molecular complexity index is 390. The summed E-state index contributed by atoms with van der Waals surface area (Å²) < 4.78 is 5.00. The zero-order chi connectivity index (χ0) is 15.2. The monoisotopic (exact) mass is 295 g/mol. The second-order valence-corrected chi connectivity index (χ2v) is 6.10. The number of carboxylic acids is 1. The number of likely N-dealkylation sites (tertiary alicyclic amines) is 1. The Morgan fingerprint density at radius 1 is 1.19 bits per heavy atom. The molecule has 0 aromatic rings. The van der Waals surface area contributed by atoms with Gasteiger partial charge in [-0.15, -0.1) is 0 Å². The van der Waals surface area contributed by atoms with Crippen molar-refractivity contribution in [1.82, 2.24) is 4.90 Å². The molecule has 0 spiro atoms. The Morgan fingerprint density at radius 2 is 1.90 bits per heavy atom. The van der Waals surface area contributed by atoms with Crippen LogP contribution in [0.4, 0.5) is 4.79 Å². The number of amides is 1. The van der Waals surface area contributed by atoms with Crippen LogP contribution in [0.2, 0.25) is 0 Å². The minimum Gasteiger partial charge on any atom is -0.480 e. The lowest BCUT2D eigenvalue weighted by atomic mass is 9.74. The molecule has 0 aromatic carbocycles. The van der Waals surface area contributed by atoms with Crippen LogP contribution in [-0.4, -0.2) is 41.3 Å². The maximum atomic E-state index is 11.9. The highest BCUT2D eigenvalue weighted by atomic mass is 16.6. The van der Waals surface area contributed by atoms with Gasteiger partial charge in [0.05, 0.1) is 0 Å². The highest BCUT2D eigenvalue weighted by molar-refractivity contribution is 5.80. The fraction of sp³-hybridized carbons (Fsp3) is 0.750. The van der Waals surface area contributed by atoms with Gasteiger partial charge in [-0.3, -0.25) is 4.90 Å². The maximum Gasteiger partial charge on any atom is 0.410 e. The molecule has 21 heavy (non-hydrogen) atoms. The molecule has 2 atom stereocenters. The first-order valence-electron chi connectivity index (χ1n) is 7.90. The van der Waals surface area contributed by atoms with Gasteiger partial charge in [-0.2, -0.15) is 0 Å². The van der Waals surface area contributed by atoms with Crippen LogP contribution in [0.1, 0.15) is 44.9 Å². The second kappa shape index (κ2) is 7.48. The third-order valence-corrected chi connectivity index (χ3v) is 4.80. The summed E-state index contributed by atoms with van der Waals surface area (Å²) >= 11 is 0. The molecule has 2 unspecified atom stereocenters. The highest BCUT2D eigenvalue weighted by Crippen LogP contribution is 2.37. The summed E-state index contributed by atoms with van der Waals surface area (Å²) in [4.78, 5) is 24.8. The van der Waals surface area contributed by atoms with Crippen LogP contribution < -0.4 is 0 Å². The lowest BCUT2D eigenvalue weighted by Gasteiger charge is -2.40. The maximum absolute atomic E-state index is 11.9. The van der Waals surface area contributed by atoms with Crippen LogP contribution in [0.15, 0.2) is 12.7 Å². The van der Waals surface area contributed by atoms with Crippen molar-refractivity contribution in [2.45, 2.75) is 51.0 Å². The Labute approximate surface area is 126 Å². The zero-order valence-corrected chi connectivity index (χ0v) is 12.5. The second-order valence-electron chi connectivity index (χ2n) is 6.10. The quantitative estimate of drug-likeness (QED) is 0.809. The van der Waals surface area contributed by atoms with Crippen molar-refractivity contribution >= 4 is 12.1 Å². The van der Waals surface area contributed by atoms with Crippen LogP contribution in [0.5, 0.6) is 0 Å². The van der Waals surface area contributed by atoms with Gasteiger partial charge in [0.25, 0.3) is 0 Å². The van der Waals surface area contributed by atoms with Gasteiger partial charge in [0.2, 0.25) is 0 Å². The van der Waals surface area contributed by atoms with Crippen LogP contribution in [0.25, 0.3) is 0 Å². The molecule has 2 fully saturated rings. The molecule has 2 aliphatic rings. The molecule has 0 bridgehead atoms. The van der Waals surface area contributed by atoms with E-state index in [2.05, 4.69) is 6.58 Å². The van der Waals surface area contributed by atoms with E-state index >= 15 is 0 Å². The van der Waals surface area contributed by atoms with E-state index in [4.69, 9.17) is 4.74 Å². The van der Waals surface area contributed by atoms with Gasteiger partial charge in [-0.05, 0) is 24.7 Å². The fourth-order valence-corrected chi connectivity index (χ4v) is 3.69. The molecule has 5 nitrogen and oxygen atoms in total. The number of hydrogen-bond acceptors (Lipinski definition) is 3. The lowest BCUT2D eigenvalue weighted by molar-refractivity contribution is -0.145. The molecule has 1 amide bonds. The van der Waals surface area contributed by atoms with Crippen LogP contribution in [0.3, 0.4) is 0 Å². The predicted molar refractivity (Wildman–Crippen MR) is 79.0 cm³/mol. The Hall–Kier alpha value is -1.52. The number of carbonyl (C=O) groups is 2.